The summed E-state index contributed by atoms with van der Waals surface area (Å²) >= 11 is 0. The highest BCUT2D eigenvalue weighted by Crippen LogP contribution is 2.27. The van der Waals surface area contributed by atoms with E-state index in [2.05, 4.69) is 25.7 Å². The van der Waals surface area contributed by atoms with Crippen LogP contribution in [-0.4, -0.2) is 38.7 Å². The van der Waals surface area contributed by atoms with Crippen LogP contribution in [0.3, 0.4) is 0 Å². The van der Waals surface area contributed by atoms with Crippen molar-refractivity contribution in [1.82, 2.24) is 30.4 Å². The fourth-order valence-electron chi connectivity index (χ4n) is 3.34. The molecule has 0 aliphatic carbocycles. The van der Waals surface area contributed by atoms with Gasteiger partial charge in [-0.1, -0.05) is 12.1 Å². The van der Waals surface area contributed by atoms with Crippen LogP contribution < -0.4 is 10.6 Å². The number of aromatic nitrogens is 4. The van der Waals surface area contributed by atoms with Crippen LogP contribution in [0.25, 0.3) is 11.0 Å². The molecule has 1 aliphatic rings. The Morgan fingerprint density at radius 2 is 1.96 bits per heavy atom. The van der Waals surface area contributed by atoms with Gasteiger partial charge in [0.2, 0.25) is 5.91 Å². The lowest BCUT2D eigenvalue weighted by atomic mass is 9.87. The lowest BCUT2D eigenvalue weighted by Gasteiger charge is -2.36. The molecule has 7 nitrogen and oxygen atoms in total. The van der Waals surface area contributed by atoms with Gasteiger partial charge in [-0.2, -0.15) is 5.10 Å². The van der Waals surface area contributed by atoms with Crippen LogP contribution in [0.4, 0.5) is 0 Å². The molecule has 1 amide bonds. The molecule has 1 aromatic carbocycles. The van der Waals surface area contributed by atoms with Gasteiger partial charge in [0.15, 0.2) is 0 Å². The second kappa shape index (κ2) is 8.53. The molecule has 0 spiro atoms. The first-order valence-corrected chi connectivity index (χ1v) is 8.21. The van der Waals surface area contributed by atoms with E-state index in [-0.39, 0.29) is 30.7 Å². The number of nitrogens with zero attached hydrogens (tertiary/aromatic N) is 3. The second-order valence-corrected chi connectivity index (χ2v) is 6.12. The zero-order valence-corrected chi connectivity index (χ0v) is 15.8. The van der Waals surface area contributed by atoms with Crippen molar-refractivity contribution < 1.29 is 4.79 Å². The number of hydrogen-bond acceptors (Lipinski definition) is 4. The Morgan fingerprint density at radius 1 is 1.19 bits per heavy atom. The molecule has 26 heavy (non-hydrogen) atoms. The maximum atomic E-state index is 13.0. The number of aromatic amines is 1. The molecule has 2 aromatic heterocycles. The number of amides is 1. The summed E-state index contributed by atoms with van der Waals surface area (Å²) in [5.41, 5.74) is 1.26. The number of halogens is 2. The van der Waals surface area contributed by atoms with Crippen LogP contribution in [0, 0.1) is 0 Å². The molecule has 1 aliphatic heterocycles. The first kappa shape index (κ1) is 20.2. The average Bonchev–Trinajstić information content (AvgIpc) is 3.29. The van der Waals surface area contributed by atoms with Gasteiger partial charge in [-0.3, -0.25) is 9.48 Å². The van der Waals surface area contributed by atoms with Crippen LogP contribution in [0.2, 0.25) is 0 Å². The molecule has 0 radical (unpaired) electrons. The fraction of sp³-hybridized carbons (Fsp3) is 0.353. The summed E-state index contributed by atoms with van der Waals surface area (Å²) in [5.74, 6) is 0.752. The number of benzene rings is 1. The number of imidazole rings is 1. The molecule has 0 bridgehead atoms. The monoisotopic (exact) mass is 396 g/mol. The van der Waals surface area contributed by atoms with E-state index in [0.717, 1.165) is 42.8 Å². The van der Waals surface area contributed by atoms with Gasteiger partial charge in [0.05, 0.1) is 17.6 Å². The Balaban J connectivity index is 0.00000121. The van der Waals surface area contributed by atoms with E-state index in [4.69, 9.17) is 0 Å². The highest BCUT2D eigenvalue weighted by molar-refractivity contribution is 5.86. The largest absolute Gasteiger partial charge is 0.347 e. The Hall–Kier alpha value is -2.09. The van der Waals surface area contributed by atoms with Crippen molar-refractivity contribution in [2.24, 2.45) is 0 Å². The Kier molecular flexibility index (Phi) is 6.63. The van der Waals surface area contributed by atoms with Crippen LogP contribution in [-0.2, 0) is 16.9 Å². The minimum Gasteiger partial charge on any atom is -0.347 e. The van der Waals surface area contributed by atoms with Gasteiger partial charge in [-0.15, -0.1) is 24.8 Å². The van der Waals surface area contributed by atoms with Gasteiger partial charge in [0, 0.05) is 12.4 Å². The zero-order chi connectivity index (χ0) is 16.4. The SMILES string of the molecule is Cl.Cl.O=C(NCc1nc2ccccc2[nH]1)C1(n2cccn2)CCNCC1. The van der Waals surface area contributed by atoms with E-state index >= 15 is 0 Å². The Bertz CT molecular complexity index is 809. The third-order valence-corrected chi connectivity index (χ3v) is 4.65. The highest BCUT2D eigenvalue weighted by Gasteiger charge is 2.41. The predicted octanol–water partition coefficient (Wildman–Crippen LogP) is 2.00. The zero-order valence-electron chi connectivity index (χ0n) is 14.1. The van der Waals surface area contributed by atoms with Gasteiger partial charge in [0.25, 0.3) is 0 Å². The number of nitrogens with one attached hydrogen (secondary N) is 3. The van der Waals surface area contributed by atoms with Gasteiger partial charge < -0.3 is 15.6 Å². The smallest absolute Gasteiger partial charge is 0.248 e. The normalized spacial score (nSPS) is 15.7. The first-order chi connectivity index (χ1) is 11.8. The van der Waals surface area contributed by atoms with Crippen LogP contribution in [0.5, 0.6) is 0 Å². The summed E-state index contributed by atoms with van der Waals surface area (Å²) in [6, 6.07) is 9.70. The average molecular weight is 397 g/mol. The first-order valence-electron chi connectivity index (χ1n) is 8.21. The summed E-state index contributed by atoms with van der Waals surface area (Å²) in [7, 11) is 0. The standard InChI is InChI=1S/C17H20N6O.2ClH/c24-16(17(6-9-18-10-7-17)23-11-3-8-20-23)19-12-15-21-13-4-1-2-5-14(13)22-15;;/h1-5,8,11,18H,6-7,9-10,12H2,(H,19,24)(H,21,22);2*1H. The van der Waals surface area contributed by atoms with Crippen molar-refractivity contribution in [3.63, 3.8) is 0 Å². The molecule has 3 aromatic rings. The maximum Gasteiger partial charge on any atom is 0.248 e. The lowest BCUT2D eigenvalue weighted by molar-refractivity contribution is -0.132. The molecular weight excluding hydrogens is 375 g/mol. The molecule has 1 saturated heterocycles. The van der Waals surface area contributed by atoms with Crippen LogP contribution in [0.15, 0.2) is 42.7 Å². The summed E-state index contributed by atoms with van der Waals surface area (Å²) in [4.78, 5) is 20.7. The number of carbonyl (C=O) groups excluding carboxylic acids is 1. The van der Waals surface area contributed by atoms with E-state index < -0.39 is 5.54 Å². The third kappa shape index (κ3) is 3.70. The summed E-state index contributed by atoms with van der Waals surface area (Å²) in [6.45, 7) is 1.99. The van der Waals surface area contributed by atoms with Crippen LogP contribution in [0.1, 0.15) is 18.7 Å². The number of rotatable bonds is 4. The fourth-order valence-corrected chi connectivity index (χ4v) is 3.34. The van der Waals surface area contributed by atoms with Crippen molar-refractivity contribution in [3.8, 4) is 0 Å². The minimum atomic E-state index is -0.624. The minimum absolute atomic E-state index is 0. The lowest BCUT2D eigenvalue weighted by Crippen LogP contribution is -2.54. The van der Waals surface area contributed by atoms with Gasteiger partial charge in [-0.05, 0) is 44.1 Å². The number of carbonyl (C=O) groups is 1. The van der Waals surface area contributed by atoms with Crippen molar-refractivity contribution in [1.29, 1.82) is 0 Å². The number of para-hydroxylation sites is 2. The molecule has 3 N–H and O–H groups in total. The molecule has 140 valence electrons. The van der Waals surface area contributed by atoms with Crippen molar-refractivity contribution in [3.05, 3.63) is 48.5 Å². The maximum absolute atomic E-state index is 13.0. The Labute approximate surface area is 163 Å². The molecule has 0 saturated carbocycles. The number of fused-ring (bicyclic) bond motifs is 1. The quantitative estimate of drug-likeness (QED) is 0.629. The highest BCUT2D eigenvalue weighted by atomic mass is 35.5. The van der Waals surface area contributed by atoms with Crippen molar-refractivity contribution >= 4 is 41.8 Å². The third-order valence-electron chi connectivity index (χ3n) is 4.65. The van der Waals surface area contributed by atoms with E-state index in [0.29, 0.717) is 6.54 Å². The molecule has 0 unspecified atom stereocenters. The Morgan fingerprint density at radius 3 is 2.65 bits per heavy atom. The molecular formula is C17H22Cl2N6O. The van der Waals surface area contributed by atoms with Crippen molar-refractivity contribution in [2.75, 3.05) is 13.1 Å². The van der Waals surface area contributed by atoms with E-state index in [1.54, 1.807) is 10.9 Å². The molecule has 0 atom stereocenters. The van der Waals surface area contributed by atoms with E-state index in [1.807, 2.05) is 36.5 Å². The summed E-state index contributed by atoms with van der Waals surface area (Å²) in [6.07, 6.45) is 5.03. The number of piperidine rings is 1. The summed E-state index contributed by atoms with van der Waals surface area (Å²) in [5, 5.41) is 10.7. The van der Waals surface area contributed by atoms with Crippen molar-refractivity contribution in [2.45, 2.75) is 24.9 Å². The molecule has 3 heterocycles. The van der Waals surface area contributed by atoms with Gasteiger partial charge in [0.1, 0.15) is 11.4 Å². The molecule has 9 heteroatoms. The van der Waals surface area contributed by atoms with Gasteiger partial charge >= 0.3 is 0 Å². The summed E-state index contributed by atoms with van der Waals surface area (Å²) < 4.78 is 1.79. The van der Waals surface area contributed by atoms with Gasteiger partial charge in [-0.25, -0.2) is 4.98 Å². The second-order valence-electron chi connectivity index (χ2n) is 6.12. The molecule has 4 rings (SSSR count). The predicted molar refractivity (Wildman–Crippen MR) is 105 cm³/mol. The van der Waals surface area contributed by atoms with Crippen LogP contribution >= 0.6 is 24.8 Å². The molecule has 1 fully saturated rings. The van der Waals surface area contributed by atoms with E-state index in [9.17, 15) is 4.79 Å². The topological polar surface area (TPSA) is 87.6 Å². The number of H-pyrrole nitrogens is 1. The number of hydrogen-bond donors (Lipinski definition) is 3. The van der Waals surface area contributed by atoms with E-state index in [1.165, 1.54) is 0 Å².